The van der Waals surface area contributed by atoms with E-state index in [2.05, 4.69) is 4.40 Å². The molecule has 9 rings (SSSR count). The molecule has 0 unspecified atom stereocenters. The first-order valence-electron chi connectivity index (χ1n) is 14.4. The standard InChI is InChI=1S/C37H22N6O/c44-37-26-18-8-7-17-25(26)31(34-40-32(23-13-3-1-4-14-23)39-33(41-34)24-15-5-2-6-16-24)36-42-30-22-12-10-20-28(30)38-35(42)27-19-9-11-21-29(27)43(36)37/h1-22H. The molecule has 0 saturated heterocycles. The highest BCUT2D eigenvalue weighted by atomic mass is 16.1. The molecule has 9 aromatic rings. The third-order valence-corrected chi connectivity index (χ3v) is 8.15. The molecule has 0 fully saturated rings. The van der Waals surface area contributed by atoms with E-state index in [0.29, 0.717) is 28.5 Å². The number of rotatable bonds is 3. The minimum absolute atomic E-state index is 0.115. The van der Waals surface area contributed by atoms with Gasteiger partial charge >= 0.3 is 0 Å². The predicted molar refractivity (Wildman–Crippen MR) is 175 cm³/mol. The van der Waals surface area contributed by atoms with Gasteiger partial charge in [0.25, 0.3) is 5.56 Å². The Bertz CT molecular complexity index is 2570. The van der Waals surface area contributed by atoms with E-state index < -0.39 is 0 Å². The van der Waals surface area contributed by atoms with Crippen LogP contribution in [0.4, 0.5) is 0 Å². The third-order valence-electron chi connectivity index (χ3n) is 8.15. The first-order valence-corrected chi connectivity index (χ1v) is 14.4. The van der Waals surface area contributed by atoms with Gasteiger partial charge in [-0.05, 0) is 30.3 Å². The minimum Gasteiger partial charge on any atom is -0.277 e. The summed E-state index contributed by atoms with van der Waals surface area (Å²) >= 11 is 0. The predicted octanol–water partition coefficient (Wildman–Crippen LogP) is 7.59. The van der Waals surface area contributed by atoms with Crippen LogP contribution in [-0.4, -0.2) is 28.7 Å². The van der Waals surface area contributed by atoms with E-state index in [0.717, 1.165) is 49.7 Å². The van der Waals surface area contributed by atoms with Gasteiger partial charge in [0.05, 0.1) is 22.1 Å². The van der Waals surface area contributed by atoms with Gasteiger partial charge in [0.15, 0.2) is 17.5 Å². The molecule has 4 heterocycles. The molecule has 7 heteroatoms. The van der Waals surface area contributed by atoms with Crippen LogP contribution in [0, 0.1) is 0 Å². The monoisotopic (exact) mass is 566 g/mol. The number of benzene rings is 5. The molecular weight excluding hydrogens is 544 g/mol. The van der Waals surface area contributed by atoms with Crippen molar-refractivity contribution in [1.29, 1.82) is 0 Å². The fraction of sp³-hybridized carbons (Fsp3) is 0. The highest BCUT2D eigenvalue weighted by molar-refractivity contribution is 6.07. The van der Waals surface area contributed by atoms with Gasteiger partial charge in [0, 0.05) is 27.3 Å². The van der Waals surface area contributed by atoms with Gasteiger partial charge in [-0.2, -0.15) is 0 Å². The quantitative estimate of drug-likeness (QED) is 0.163. The second-order valence-corrected chi connectivity index (χ2v) is 10.7. The lowest BCUT2D eigenvalue weighted by Gasteiger charge is -2.17. The van der Waals surface area contributed by atoms with Gasteiger partial charge in [-0.25, -0.2) is 19.9 Å². The molecule has 5 aromatic carbocycles. The van der Waals surface area contributed by atoms with Crippen LogP contribution in [0.25, 0.3) is 78.2 Å². The Hall–Kier alpha value is -6.21. The number of fused-ring (bicyclic) bond motifs is 9. The molecule has 0 amide bonds. The molecule has 0 aliphatic carbocycles. The third kappa shape index (κ3) is 3.53. The van der Waals surface area contributed by atoms with Gasteiger partial charge in [-0.15, -0.1) is 0 Å². The molecule has 0 spiro atoms. The number of hydrogen-bond donors (Lipinski definition) is 0. The first kappa shape index (κ1) is 24.4. The molecule has 0 aliphatic heterocycles. The molecule has 0 N–H and O–H groups in total. The maximum Gasteiger partial charge on any atom is 0.264 e. The summed E-state index contributed by atoms with van der Waals surface area (Å²) in [6.07, 6.45) is 0. The zero-order chi connectivity index (χ0) is 29.2. The van der Waals surface area contributed by atoms with E-state index in [4.69, 9.17) is 19.9 Å². The van der Waals surface area contributed by atoms with E-state index >= 15 is 0 Å². The number of hydrogen-bond acceptors (Lipinski definition) is 5. The van der Waals surface area contributed by atoms with Crippen LogP contribution in [0.1, 0.15) is 0 Å². The topological polar surface area (TPSA) is 77.5 Å². The fourth-order valence-electron chi connectivity index (χ4n) is 6.19. The number of nitrogens with zero attached hydrogens (tertiary/aromatic N) is 6. The summed E-state index contributed by atoms with van der Waals surface area (Å²) in [7, 11) is 0. The number of para-hydroxylation sites is 3. The molecule has 206 valence electrons. The average Bonchev–Trinajstić information content (AvgIpc) is 3.49. The van der Waals surface area contributed by atoms with Crippen molar-refractivity contribution in [3.05, 3.63) is 144 Å². The second-order valence-electron chi connectivity index (χ2n) is 10.7. The Labute approximate surface area is 250 Å². The van der Waals surface area contributed by atoms with E-state index in [1.165, 1.54) is 0 Å². The van der Waals surface area contributed by atoms with E-state index in [1.807, 2.05) is 133 Å². The summed E-state index contributed by atoms with van der Waals surface area (Å²) in [6.45, 7) is 0. The summed E-state index contributed by atoms with van der Waals surface area (Å²) in [4.78, 5) is 34.6. The Kier molecular flexibility index (Phi) is 5.21. The first-order chi connectivity index (χ1) is 21.8. The van der Waals surface area contributed by atoms with Gasteiger partial charge in [0.1, 0.15) is 11.3 Å². The van der Waals surface area contributed by atoms with Crippen molar-refractivity contribution >= 4 is 44.0 Å². The molecule has 0 saturated carbocycles. The van der Waals surface area contributed by atoms with Crippen molar-refractivity contribution in [2.75, 3.05) is 0 Å². The minimum atomic E-state index is -0.115. The van der Waals surface area contributed by atoms with Gasteiger partial charge in [-0.1, -0.05) is 103 Å². The number of aromatic nitrogens is 6. The summed E-state index contributed by atoms with van der Waals surface area (Å²) < 4.78 is 3.87. The normalized spacial score (nSPS) is 11.7. The van der Waals surface area contributed by atoms with Crippen LogP contribution in [0.3, 0.4) is 0 Å². The van der Waals surface area contributed by atoms with Crippen molar-refractivity contribution in [2.24, 2.45) is 0 Å². The lowest BCUT2D eigenvalue weighted by atomic mass is 10.0. The largest absolute Gasteiger partial charge is 0.277 e. The lowest BCUT2D eigenvalue weighted by Crippen LogP contribution is -2.19. The highest BCUT2D eigenvalue weighted by Gasteiger charge is 2.24. The maximum absolute atomic E-state index is 14.4. The van der Waals surface area contributed by atoms with Crippen LogP contribution in [-0.2, 0) is 0 Å². The molecule has 0 radical (unpaired) electrons. The molecular formula is C37H22N6O. The zero-order valence-electron chi connectivity index (χ0n) is 23.3. The Morgan fingerprint density at radius 1 is 0.432 bits per heavy atom. The molecule has 44 heavy (non-hydrogen) atoms. The maximum atomic E-state index is 14.4. The van der Waals surface area contributed by atoms with Crippen molar-refractivity contribution in [2.45, 2.75) is 0 Å². The summed E-state index contributed by atoms with van der Waals surface area (Å²) in [6, 6.07) is 43.4. The zero-order valence-corrected chi connectivity index (χ0v) is 23.3. The van der Waals surface area contributed by atoms with Crippen LogP contribution in [0.5, 0.6) is 0 Å². The number of imidazole rings is 1. The Balaban J connectivity index is 1.55. The van der Waals surface area contributed by atoms with Gasteiger partial charge in [0.2, 0.25) is 0 Å². The Morgan fingerprint density at radius 3 is 1.64 bits per heavy atom. The fourth-order valence-corrected chi connectivity index (χ4v) is 6.19. The smallest absolute Gasteiger partial charge is 0.264 e. The van der Waals surface area contributed by atoms with Crippen LogP contribution >= 0.6 is 0 Å². The van der Waals surface area contributed by atoms with Crippen LogP contribution < -0.4 is 5.56 Å². The van der Waals surface area contributed by atoms with E-state index in [1.54, 1.807) is 4.40 Å². The van der Waals surface area contributed by atoms with Crippen molar-refractivity contribution < 1.29 is 0 Å². The van der Waals surface area contributed by atoms with Crippen molar-refractivity contribution in [3.8, 4) is 34.2 Å². The van der Waals surface area contributed by atoms with Crippen LogP contribution in [0.2, 0.25) is 0 Å². The molecule has 7 nitrogen and oxygen atoms in total. The SMILES string of the molecule is O=c1c2ccccc2c(-c2nc(-c3ccccc3)nc(-c3ccccc3)n2)c2n1c1ccccc1c1nc3ccccc3n12. The molecule has 0 aliphatic rings. The van der Waals surface area contributed by atoms with E-state index in [-0.39, 0.29) is 5.56 Å². The van der Waals surface area contributed by atoms with Crippen molar-refractivity contribution in [1.82, 2.24) is 28.7 Å². The summed E-state index contributed by atoms with van der Waals surface area (Å²) in [5.74, 6) is 1.58. The second kappa shape index (κ2) is 9.40. The lowest BCUT2D eigenvalue weighted by molar-refractivity contribution is 1.06. The molecule has 0 bridgehead atoms. The van der Waals surface area contributed by atoms with Crippen molar-refractivity contribution in [3.63, 3.8) is 0 Å². The number of pyridine rings is 1. The molecule has 0 atom stereocenters. The van der Waals surface area contributed by atoms with Crippen LogP contribution in [0.15, 0.2) is 138 Å². The highest BCUT2D eigenvalue weighted by Crippen LogP contribution is 2.36. The average molecular weight is 567 g/mol. The molecule has 4 aromatic heterocycles. The van der Waals surface area contributed by atoms with E-state index in [9.17, 15) is 4.79 Å². The summed E-state index contributed by atoms with van der Waals surface area (Å²) in [5.41, 5.74) is 6.27. The van der Waals surface area contributed by atoms with Gasteiger partial charge < -0.3 is 0 Å². The summed E-state index contributed by atoms with van der Waals surface area (Å²) in [5, 5.41) is 2.22. The Morgan fingerprint density at radius 2 is 0.955 bits per heavy atom. The van der Waals surface area contributed by atoms with Gasteiger partial charge in [-0.3, -0.25) is 13.6 Å².